The molecule has 0 atom stereocenters. The summed E-state index contributed by atoms with van der Waals surface area (Å²) < 4.78 is 17.3. The van der Waals surface area contributed by atoms with Gasteiger partial charge in [-0.15, -0.1) is 5.10 Å². The van der Waals surface area contributed by atoms with Crippen molar-refractivity contribution in [3.63, 3.8) is 0 Å². The molecule has 0 spiro atoms. The van der Waals surface area contributed by atoms with Crippen molar-refractivity contribution in [1.82, 2.24) is 9.59 Å². The van der Waals surface area contributed by atoms with Gasteiger partial charge in [0.1, 0.15) is 10.7 Å². The second-order valence-corrected chi connectivity index (χ2v) is 4.74. The Balaban J connectivity index is 2.17. The first-order valence-corrected chi connectivity index (χ1v) is 6.57. The fourth-order valence-corrected chi connectivity index (χ4v) is 2.36. The van der Waals surface area contributed by atoms with Gasteiger partial charge < -0.3 is 0 Å². The molecule has 0 amide bonds. The number of carbonyl (C=O) groups excluding carboxylic acids is 1. The third-order valence-corrected chi connectivity index (χ3v) is 3.41. The van der Waals surface area contributed by atoms with Crippen LogP contribution in [0.15, 0.2) is 24.3 Å². The van der Waals surface area contributed by atoms with Gasteiger partial charge in [0.15, 0.2) is 5.78 Å². The largest absolute Gasteiger partial charge is 0.293 e. The number of hydrogen-bond acceptors (Lipinski definition) is 4. The van der Waals surface area contributed by atoms with Crippen LogP contribution in [0.25, 0.3) is 0 Å². The van der Waals surface area contributed by atoms with Gasteiger partial charge in [-0.05, 0) is 29.6 Å². The highest BCUT2D eigenvalue weighted by Crippen LogP contribution is 2.17. The highest BCUT2D eigenvalue weighted by molar-refractivity contribution is 7.08. The fraction of sp³-hybridized carbons (Fsp3) is 0.308. The molecule has 0 aliphatic carbocycles. The lowest BCUT2D eigenvalue weighted by molar-refractivity contribution is 0.0994. The average Bonchev–Trinajstić information content (AvgIpc) is 2.81. The summed E-state index contributed by atoms with van der Waals surface area (Å²) in [7, 11) is 0. The summed E-state index contributed by atoms with van der Waals surface area (Å²) in [5, 5.41) is 3.94. The van der Waals surface area contributed by atoms with Crippen molar-refractivity contribution >= 4 is 17.3 Å². The van der Waals surface area contributed by atoms with E-state index in [2.05, 4.69) is 9.59 Å². The number of nitrogens with zero attached hydrogens (tertiary/aromatic N) is 2. The Morgan fingerprint density at radius 1 is 1.39 bits per heavy atom. The number of hydrogen-bond donors (Lipinski definition) is 0. The van der Waals surface area contributed by atoms with E-state index < -0.39 is 0 Å². The van der Waals surface area contributed by atoms with Crippen LogP contribution in [-0.2, 0) is 12.8 Å². The van der Waals surface area contributed by atoms with Crippen molar-refractivity contribution in [1.29, 1.82) is 0 Å². The molecule has 1 aromatic heterocycles. The lowest BCUT2D eigenvalue weighted by Crippen LogP contribution is -2.06. The standard InChI is InChI=1S/C13H13FN2OS/c1-2-5-11-13(18-16-15-11)12(17)8-9-6-3-4-7-10(9)14/h3-4,6-7H,2,5,8H2,1H3. The number of carbonyl (C=O) groups is 1. The zero-order valence-corrected chi connectivity index (χ0v) is 10.8. The van der Waals surface area contributed by atoms with Gasteiger partial charge in [0.25, 0.3) is 0 Å². The first kappa shape index (κ1) is 12.8. The SMILES string of the molecule is CCCc1nnsc1C(=O)Cc1ccccc1F. The molecule has 1 heterocycles. The van der Waals surface area contributed by atoms with Gasteiger partial charge in [0.05, 0.1) is 5.69 Å². The second kappa shape index (κ2) is 5.82. The quantitative estimate of drug-likeness (QED) is 0.779. The van der Waals surface area contributed by atoms with Crippen LogP contribution in [0.3, 0.4) is 0 Å². The zero-order chi connectivity index (χ0) is 13.0. The maximum atomic E-state index is 13.5. The van der Waals surface area contributed by atoms with Gasteiger partial charge in [-0.3, -0.25) is 4.79 Å². The number of benzene rings is 1. The summed E-state index contributed by atoms with van der Waals surface area (Å²) in [6.45, 7) is 2.02. The molecule has 3 nitrogen and oxygen atoms in total. The van der Waals surface area contributed by atoms with E-state index in [0.717, 1.165) is 30.1 Å². The van der Waals surface area contributed by atoms with Crippen molar-refractivity contribution in [2.45, 2.75) is 26.2 Å². The molecule has 0 N–H and O–H groups in total. The van der Waals surface area contributed by atoms with Gasteiger partial charge in [0.2, 0.25) is 0 Å². The smallest absolute Gasteiger partial charge is 0.180 e. The lowest BCUT2D eigenvalue weighted by atomic mass is 10.1. The monoisotopic (exact) mass is 264 g/mol. The molecule has 0 aliphatic rings. The molecular formula is C13H13FN2OS. The number of Topliss-reactive ketones (excluding diaryl/α,β-unsaturated/α-hetero) is 1. The molecule has 94 valence electrons. The lowest BCUT2D eigenvalue weighted by Gasteiger charge is -2.01. The van der Waals surface area contributed by atoms with Crippen molar-refractivity contribution in [2.75, 3.05) is 0 Å². The summed E-state index contributed by atoms with van der Waals surface area (Å²) >= 11 is 1.09. The van der Waals surface area contributed by atoms with Crippen LogP contribution < -0.4 is 0 Å². The Hall–Kier alpha value is -1.62. The molecule has 0 unspecified atom stereocenters. The Labute approximate surface area is 109 Å². The van der Waals surface area contributed by atoms with Crippen molar-refractivity contribution in [2.24, 2.45) is 0 Å². The van der Waals surface area contributed by atoms with Crippen molar-refractivity contribution in [3.05, 3.63) is 46.2 Å². The number of aryl methyl sites for hydroxylation is 1. The van der Waals surface area contributed by atoms with E-state index in [0.29, 0.717) is 10.4 Å². The van der Waals surface area contributed by atoms with E-state index in [4.69, 9.17) is 0 Å². The highest BCUT2D eigenvalue weighted by Gasteiger charge is 2.17. The Morgan fingerprint density at radius 3 is 2.89 bits per heavy atom. The van der Waals surface area contributed by atoms with E-state index in [1.54, 1.807) is 18.2 Å². The highest BCUT2D eigenvalue weighted by atomic mass is 32.1. The molecule has 2 aromatic rings. The first-order valence-electron chi connectivity index (χ1n) is 5.80. The fourth-order valence-electron chi connectivity index (χ4n) is 1.72. The maximum absolute atomic E-state index is 13.5. The van der Waals surface area contributed by atoms with E-state index in [9.17, 15) is 9.18 Å². The molecule has 0 fully saturated rings. The van der Waals surface area contributed by atoms with Crippen molar-refractivity contribution < 1.29 is 9.18 Å². The van der Waals surface area contributed by atoms with Crippen LogP contribution in [0.1, 0.15) is 34.3 Å². The Bertz CT molecular complexity index is 553. The number of aromatic nitrogens is 2. The van der Waals surface area contributed by atoms with Crippen molar-refractivity contribution in [3.8, 4) is 0 Å². The van der Waals surface area contributed by atoms with Crippen LogP contribution in [0.5, 0.6) is 0 Å². The predicted octanol–water partition coefficient (Wildman–Crippen LogP) is 3.06. The van der Waals surface area contributed by atoms with Crippen LogP contribution in [0.4, 0.5) is 4.39 Å². The van der Waals surface area contributed by atoms with E-state index in [-0.39, 0.29) is 18.0 Å². The summed E-state index contributed by atoms with van der Waals surface area (Å²) in [5.74, 6) is -0.459. The third-order valence-electron chi connectivity index (χ3n) is 2.60. The van der Waals surface area contributed by atoms with Crippen LogP contribution in [-0.4, -0.2) is 15.4 Å². The van der Waals surface area contributed by atoms with Gasteiger partial charge >= 0.3 is 0 Å². The molecule has 2 rings (SSSR count). The molecule has 0 saturated carbocycles. The number of halogens is 1. The van der Waals surface area contributed by atoms with E-state index in [1.807, 2.05) is 6.92 Å². The molecule has 1 aromatic carbocycles. The topological polar surface area (TPSA) is 42.9 Å². The Kier molecular flexibility index (Phi) is 4.15. The van der Waals surface area contributed by atoms with E-state index >= 15 is 0 Å². The predicted molar refractivity (Wildman–Crippen MR) is 68.3 cm³/mol. The third kappa shape index (κ3) is 2.79. The second-order valence-electron chi connectivity index (χ2n) is 3.99. The van der Waals surface area contributed by atoms with Crippen LogP contribution in [0.2, 0.25) is 0 Å². The first-order chi connectivity index (χ1) is 8.72. The van der Waals surface area contributed by atoms with Gasteiger partial charge in [-0.25, -0.2) is 4.39 Å². The molecule has 5 heteroatoms. The molecule has 0 bridgehead atoms. The molecule has 0 saturated heterocycles. The summed E-state index contributed by atoms with van der Waals surface area (Å²) in [6.07, 6.45) is 1.70. The van der Waals surface area contributed by atoms with E-state index in [1.165, 1.54) is 6.07 Å². The minimum absolute atomic E-state index is 0.0628. The summed E-state index contributed by atoms with van der Waals surface area (Å²) in [5.41, 5.74) is 1.14. The molecule has 0 radical (unpaired) electrons. The van der Waals surface area contributed by atoms with Gasteiger partial charge in [-0.2, -0.15) is 0 Å². The minimum Gasteiger partial charge on any atom is -0.293 e. The zero-order valence-electron chi connectivity index (χ0n) is 10.0. The Morgan fingerprint density at radius 2 is 2.17 bits per heavy atom. The average molecular weight is 264 g/mol. The van der Waals surface area contributed by atoms with Gasteiger partial charge in [0, 0.05) is 6.42 Å². The molecule has 0 aliphatic heterocycles. The normalized spacial score (nSPS) is 10.6. The summed E-state index contributed by atoms with van der Waals surface area (Å²) in [6, 6.07) is 6.32. The number of rotatable bonds is 5. The van der Waals surface area contributed by atoms with Crippen LogP contribution in [0, 0.1) is 5.82 Å². The number of ketones is 1. The van der Waals surface area contributed by atoms with Crippen LogP contribution >= 0.6 is 11.5 Å². The van der Waals surface area contributed by atoms with Gasteiger partial charge in [-0.1, -0.05) is 36.0 Å². The molecule has 18 heavy (non-hydrogen) atoms. The molecular weight excluding hydrogens is 251 g/mol. The maximum Gasteiger partial charge on any atom is 0.180 e. The minimum atomic E-state index is -0.347. The summed E-state index contributed by atoms with van der Waals surface area (Å²) in [4.78, 5) is 12.6.